The summed E-state index contributed by atoms with van der Waals surface area (Å²) in [5.41, 5.74) is 5.58. The smallest absolute Gasteiger partial charge is 0.490 e. The molecule has 0 saturated carbocycles. The van der Waals surface area contributed by atoms with Crippen LogP contribution in [-0.2, 0) is 11.2 Å². The molecule has 1 aliphatic rings. The number of ether oxygens (including phenoxy) is 1. The molecule has 0 aliphatic carbocycles. The molecule has 0 unspecified atom stereocenters. The predicted octanol–water partition coefficient (Wildman–Crippen LogP) is 3.67. The van der Waals surface area contributed by atoms with E-state index in [1.54, 1.807) is 13.3 Å². The lowest BCUT2D eigenvalue weighted by Crippen LogP contribution is -2.31. The lowest BCUT2D eigenvalue weighted by atomic mass is 10.1. The fourth-order valence-electron chi connectivity index (χ4n) is 2.97. The van der Waals surface area contributed by atoms with Gasteiger partial charge < -0.3 is 20.1 Å². The molecule has 1 aromatic carbocycles. The number of methoxy groups -OCH3 is 1. The van der Waals surface area contributed by atoms with E-state index in [-0.39, 0.29) is 5.91 Å². The number of carbonyl (C=O) groups is 2. The van der Waals surface area contributed by atoms with Crippen molar-refractivity contribution in [1.82, 2.24) is 15.3 Å². The van der Waals surface area contributed by atoms with Gasteiger partial charge in [0.25, 0.3) is 5.91 Å². The summed E-state index contributed by atoms with van der Waals surface area (Å²) in [7, 11) is 1.65. The third kappa shape index (κ3) is 5.21. The number of nitrogens with one attached hydrogen (secondary N) is 2. The van der Waals surface area contributed by atoms with Gasteiger partial charge in [0.1, 0.15) is 5.75 Å². The Kier molecular flexibility index (Phi) is 6.28. The maximum absolute atomic E-state index is 11.9. The molecular weight excluding hydrogens is 415 g/mol. The average Bonchev–Trinajstić information content (AvgIpc) is 3.20. The largest absolute Gasteiger partial charge is 0.497 e. The molecule has 3 heterocycles. The molecular formula is C21H18F3N3O4. The topological polar surface area (TPSA) is 104 Å². The summed E-state index contributed by atoms with van der Waals surface area (Å²) in [6, 6.07) is 13.7. The van der Waals surface area contributed by atoms with E-state index in [0.717, 1.165) is 45.9 Å². The monoisotopic (exact) mass is 433 g/mol. The molecule has 1 amide bonds. The van der Waals surface area contributed by atoms with Gasteiger partial charge in [-0.25, -0.2) is 4.79 Å². The number of H-pyrrole nitrogens is 1. The number of carbonyl (C=O) groups excluding carboxylic acids is 1. The van der Waals surface area contributed by atoms with Gasteiger partial charge in [0.15, 0.2) is 0 Å². The third-order valence-electron chi connectivity index (χ3n) is 4.50. The first-order valence-electron chi connectivity index (χ1n) is 9.10. The highest BCUT2D eigenvalue weighted by molar-refractivity contribution is 5.97. The molecule has 3 aromatic rings. The minimum atomic E-state index is -5.08. The van der Waals surface area contributed by atoms with Crippen molar-refractivity contribution in [3.8, 4) is 28.3 Å². The van der Waals surface area contributed by atoms with Crippen molar-refractivity contribution in [3.05, 3.63) is 59.9 Å². The highest BCUT2D eigenvalue weighted by Gasteiger charge is 2.38. The molecule has 4 rings (SSSR count). The first kappa shape index (κ1) is 21.9. The number of carboxylic acids is 1. The minimum absolute atomic E-state index is 0.0109. The van der Waals surface area contributed by atoms with Crippen LogP contribution in [0.3, 0.4) is 0 Å². The number of rotatable bonds is 3. The number of hydrogen-bond donors (Lipinski definition) is 3. The van der Waals surface area contributed by atoms with Gasteiger partial charge in [0, 0.05) is 41.7 Å². The highest BCUT2D eigenvalue weighted by Crippen LogP contribution is 2.27. The molecule has 0 bridgehead atoms. The van der Waals surface area contributed by atoms with Crippen LogP contribution in [0.5, 0.6) is 5.75 Å². The Morgan fingerprint density at radius 1 is 1.13 bits per heavy atom. The molecule has 31 heavy (non-hydrogen) atoms. The van der Waals surface area contributed by atoms with Gasteiger partial charge in [-0.05, 0) is 42.5 Å². The van der Waals surface area contributed by atoms with Crippen molar-refractivity contribution in [2.45, 2.75) is 12.6 Å². The summed E-state index contributed by atoms with van der Waals surface area (Å²) in [5, 5.41) is 9.99. The van der Waals surface area contributed by atoms with Crippen molar-refractivity contribution in [3.63, 3.8) is 0 Å². The van der Waals surface area contributed by atoms with Crippen LogP contribution >= 0.6 is 0 Å². The number of alkyl halides is 3. The molecule has 0 spiro atoms. The van der Waals surface area contributed by atoms with E-state index in [9.17, 15) is 18.0 Å². The van der Waals surface area contributed by atoms with Crippen LogP contribution in [0.25, 0.3) is 22.5 Å². The summed E-state index contributed by atoms with van der Waals surface area (Å²) >= 11 is 0. The Hall–Kier alpha value is -3.82. The number of fused-ring (bicyclic) bond motifs is 1. The van der Waals surface area contributed by atoms with Crippen LogP contribution in [0, 0.1) is 0 Å². The molecule has 0 radical (unpaired) electrons. The Morgan fingerprint density at radius 3 is 2.39 bits per heavy atom. The summed E-state index contributed by atoms with van der Waals surface area (Å²) in [4.78, 5) is 28.6. The minimum Gasteiger partial charge on any atom is -0.497 e. The molecule has 10 heteroatoms. The maximum atomic E-state index is 11.9. The van der Waals surface area contributed by atoms with Crippen molar-refractivity contribution >= 4 is 11.9 Å². The van der Waals surface area contributed by atoms with Crippen LogP contribution < -0.4 is 10.1 Å². The van der Waals surface area contributed by atoms with Gasteiger partial charge in [-0.3, -0.25) is 9.78 Å². The lowest BCUT2D eigenvalue weighted by molar-refractivity contribution is -0.192. The standard InChI is InChI=1S/C19H17N3O2.C2HF3O2/c1-24-14-4-2-12(3-5-14)17-10-13(6-8-20-17)18-11-15-16(22-18)7-9-21-19(15)23;3-2(4,5)1(6)7/h2-6,8,10-11,22H,7,9H2,1H3,(H,21,23);(H,6,7). The van der Waals surface area contributed by atoms with Gasteiger partial charge in [-0.15, -0.1) is 0 Å². The third-order valence-corrected chi connectivity index (χ3v) is 4.50. The second kappa shape index (κ2) is 8.90. The normalized spacial score (nSPS) is 12.8. The Bertz CT molecular complexity index is 1090. The van der Waals surface area contributed by atoms with E-state index in [4.69, 9.17) is 14.6 Å². The first-order valence-corrected chi connectivity index (χ1v) is 9.10. The second-order valence-electron chi connectivity index (χ2n) is 6.54. The first-order chi connectivity index (χ1) is 14.7. The van der Waals surface area contributed by atoms with E-state index in [2.05, 4.69) is 15.3 Å². The Balaban J connectivity index is 0.000000339. The number of halogens is 3. The van der Waals surface area contributed by atoms with E-state index < -0.39 is 12.1 Å². The average molecular weight is 433 g/mol. The van der Waals surface area contributed by atoms with Crippen LogP contribution in [0.1, 0.15) is 16.1 Å². The number of aromatic amines is 1. The molecule has 162 valence electrons. The fourth-order valence-corrected chi connectivity index (χ4v) is 2.97. The van der Waals surface area contributed by atoms with Gasteiger partial charge in [-0.1, -0.05) is 0 Å². The Labute approximate surface area is 174 Å². The number of aliphatic carboxylic acids is 1. The second-order valence-corrected chi connectivity index (χ2v) is 6.54. The SMILES string of the molecule is COc1ccc(-c2cc(-c3cc4c([nH]3)CCNC4=O)ccn2)cc1.O=C(O)C(F)(F)F. The molecule has 3 N–H and O–H groups in total. The van der Waals surface area contributed by atoms with Gasteiger partial charge in [0.05, 0.1) is 18.4 Å². The highest BCUT2D eigenvalue weighted by atomic mass is 19.4. The summed E-state index contributed by atoms with van der Waals surface area (Å²) < 4.78 is 36.9. The van der Waals surface area contributed by atoms with Crippen molar-refractivity contribution < 1.29 is 32.6 Å². The number of pyridine rings is 1. The van der Waals surface area contributed by atoms with Crippen molar-refractivity contribution in [2.75, 3.05) is 13.7 Å². The molecule has 7 nitrogen and oxygen atoms in total. The molecule has 0 atom stereocenters. The van der Waals surface area contributed by atoms with Gasteiger partial charge >= 0.3 is 12.1 Å². The number of benzene rings is 1. The summed E-state index contributed by atoms with van der Waals surface area (Å²) in [5.74, 6) is -1.95. The van der Waals surface area contributed by atoms with Crippen LogP contribution in [0.4, 0.5) is 13.2 Å². The maximum Gasteiger partial charge on any atom is 0.490 e. The van der Waals surface area contributed by atoms with E-state index in [0.29, 0.717) is 6.54 Å². The quantitative estimate of drug-likeness (QED) is 0.585. The van der Waals surface area contributed by atoms with E-state index >= 15 is 0 Å². The number of amides is 1. The van der Waals surface area contributed by atoms with Crippen LogP contribution in [-0.4, -0.2) is 46.8 Å². The Morgan fingerprint density at radius 2 is 1.81 bits per heavy atom. The molecule has 1 aliphatic heterocycles. The number of aromatic nitrogens is 2. The number of carboxylic acid groups (broad SMARTS) is 1. The summed E-state index contributed by atoms with van der Waals surface area (Å²) in [6.45, 7) is 0.680. The van der Waals surface area contributed by atoms with Crippen molar-refractivity contribution in [2.24, 2.45) is 0 Å². The zero-order valence-electron chi connectivity index (χ0n) is 16.3. The van der Waals surface area contributed by atoms with Gasteiger partial charge in [0.2, 0.25) is 0 Å². The fraction of sp³-hybridized carbons (Fsp3) is 0.190. The van der Waals surface area contributed by atoms with Crippen molar-refractivity contribution in [1.29, 1.82) is 0 Å². The summed E-state index contributed by atoms with van der Waals surface area (Å²) in [6.07, 6.45) is -2.47. The van der Waals surface area contributed by atoms with Gasteiger partial charge in [-0.2, -0.15) is 13.2 Å². The van der Waals surface area contributed by atoms with E-state index in [1.807, 2.05) is 42.5 Å². The van der Waals surface area contributed by atoms with Crippen LogP contribution in [0.2, 0.25) is 0 Å². The zero-order valence-corrected chi connectivity index (χ0v) is 16.3. The lowest BCUT2D eigenvalue weighted by Gasteiger charge is -2.10. The molecule has 0 fully saturated rings. The number of hydrogen-bond acceptors (Lipinski definition) is 4. The molecule has 2 aromatic heterocycles. The zero-order chi connectivity index (χ0) is 22.6. The molecule has 0 saturated heterocycles. The number of nitrogens with zero attached hydrogens (tertiary/aromatic N) is 1. The predicted molar refractivity (Wildman–Crippen MR) is 106 cm³/mol. The van der Waals surface area contributed by atoms with Crippen LogP contribution in [0.15, 0.2) is 48.7 Å². The van der Waals surface area contributed by atoms with E-state index in [1.165, 1.54) is 0 Å².